The van der Waals surface area contributed by atoms with E-state index in [1.54, 1.807) is 23.4 Å². The number of amides is 1. The number of aromatic nitrogens is 5. The maximum absolute atomic E-state index is 13.5. The number of pyridine rings is 1. The number of hydrogen-bond acceptors (Lipinski definition) is 6. The summed E-state index contributed by atoms with van der Waals surface area (Å²) in [5.74, 6) is -2.83. The van der Waals surface area contributed by atoms with Crippen LogP contribution in [0.2, 0.25) is 0 Å². The molecule has 2 fully saturated rings. The molecular formula is C23H25F2N7O2. The minimum Gasteiger partial charge on any atom is -0.481 e. The number of anilines is 1. The van der Waals surface area contributed by atoms with Crippen molar-refractivity contribution >= 4 is 11.7 Å². The van der Waals surface area contributed by atoms with Gasteiger partial charge in [-0.2, -0.15) is 4.98 Å². The molecule has 1 saturated heterocycles. The molecule has 178 valence electrons. The Labute approximate surface area is 194 Å². The van der Waals surface area contributed by atoms with Gasteiger partial charge in [0, 0.05) is 37.6 Å². The van der Waals surface area contributed by atoms with Crippen molar-refractivity contribution in [3.63, 3.8) is 0 Å². The number of hydrogen-bond donors (Lipinski definition) is 1. The van der Waals surface area contributed by atoms with Crippen LogP contribution in [0.25, 0.3) is 0 Å². The molecule has 1 aliphatic heterocycles. The third-order valence-electron chi connectivity index (χ3n) is 7.26. The van der Waals surface area contributed by atoms with Crippen molar-refractivity contribution in [1.82, 2.24) is 29.4 Å². The summed E-state index contributed by atoms with van der Waals surface area (Å²) in [5.41, 5.74) is 3.20. The fourth-order valence-electron chi connectivity index (χ4n) is 5.25. The summed E-state index contributed by atoms with van der Waals surface area (Å²) in [6, 6.07) is 3.60. The molecule has 0 radical (unpaired) electrons. The van der Waals surface area contributed by atoms with Gasteiger partial charge in [0.2, 0.25) is 5.88 Å². The highest BCUT2D eigenvalue weighted by Gasteiger charge is 2.71. The van der Waals surface area contributed by atoms with Crippen LogP contribution in [-0.4, -0.2) is 56.1 Å². The number of ether oxygens (including phenoxy) is 1. The molecule has 1 N–H and O–H groups in total. The Hall–Kier alpha value is -3.50. The van der Waals surface area contributed by atoms with Crippen LogP contribution in [0.4, 0.5) is 14.6 Å². The van der Waals surface area contributed by atoms with Gasteiger partial charge in [-0.25, -0.2) is 18.7 Å². The molecule has 0 aromatic carbocycles. The zero-order valence-electron chi connectivity index (χ0n) is 18.9. The lowest BCUT2D eigenvalue weighted by Crippen LogP contribution is -2.28. The first-order valence-corrected chi connectivity index (χ1v) is 11.3. The predicted octanol–water partition coefficient (Wildman–Crippen LogP) is 2.19. The first kappa shape index (κ1) is 21.1. The minimum atomic E-state index is -2.52. The molecule has 3 aromatic heterocycles. The molecule has 6 rings (SSSR count). The number of piperidine rings is 1. The largest absolute Gasteiger partial charge is 0.481 e. The SMILES string of the molecule is COc1nc(N2CC3C(C2)C3(F)F)ccc1Cn1cnc(C(=O)N[C@@H]2CCc3c2ncn3C)c1. The number of nitrogens with one attached hydrogen (secondary N) is 1. The highest BCUT2D eigenvalue weighted by atomic mass is 19.3. The first-order chi connectivity index (χ1) is 16.3. The number of fused-ring (bicyclic) bond motifs is 2. The summed E-state index contributed by atoms with van der Waals surface area (Å²) in [5, 5.41) is 3.03. The van der Waals surface area contributed by atoms with Crippen molar-refractivity contribution in [2.24, 2.45) is 18.9 Å². The van der Waals surface area contributed by atoms with Crippen molar-refractivity contribution in [3.05, 3.63) is 53.6 Å². The zero-order chi connectivity index (χ0) is 23.6. The lowest BCUT2D eigenvalue weighted by molar-refractivity contribution is 0.0796. The molecule has 3 aromatic rings. The second-order valence-electron chi connectivity index (χ2n) is 9.31. The predicted molar refractivity (Wildman–Crippen MR) is 118 cm³/mol. The third-order valence-corrected chi connectivity index (χ3v) is 7.26. The molecule has 11 heteroatoms. The Morgan fingerprint density at radius 2 is 2.03 bits per heavy atom. The van der Waals surface area contributed by atoms with Crippen LogP contribution in [0.5, 0.6) is 5.88 Å². The van der Waals surface area contributed by atoms with E-state index in [4.69, 9.17) is 4.74 Å². The number of imidazole rings is 2. The topological polar surface area (TPSA) is 90.1 Å². The fourth-order valence-corrected chi connectivity index (χ4v) is 5.25. The highest BCUT2D eigenvalue weighted by Crippen LogP contribution is 2.59. The summed E-state index contributed by atoms with van der Waals surface area (Å²) in [6.07, 6.45) is 6.76. The van der Waals surface area contributed by atoms with Gasteiger partial charge in [0.05, 0.1) is 49.9 Å². The second kappa shape index (κ2) is 7.51. The molecule has 9 nitrogen and oxygen atoms in total. The molecule has 2 unspecified atom stereocenters. The Morgan fingerprint density at radius 3 is 2.79 bits per heavy atom. The van der Waals surface area contributed by atoms with Crippen molar-refractivity contribution in [3.8, 4) is 5.88 Å². The summed E-state index contributed by atoms with van der Waals surface area (Å²) < 4.78 is 36.3. The molecule has 3 atom stereocenters. The van der Waals surface area contributed by atoms with Crippen molar-refractivity contribution in [2.75, 3.05) is 25.1 Å². The van der Waals surface area contributed by atoms with Crippen molar-refractivity contribution in [1.29, 1.82) is 0 Å². The van der Waals surface area contributed by atoms with Crippen LogP contribution in [0.3, 0.4) is 0 Å². The van der Waals surface area contributed by atoms with Crippen LogP contribution in [0.1, 0.15) is 39.9 Å². The molecule has 4 heterocycles. The molecular weight excluding hydrogens is 444 g/mol. The number of rotatable bonds is 6. The van der Waals surface area contributed by atoms with E-state index in [-0.39, 0.29) is 11.9 Å². The Kier molecular flexibility index (Phi) is 4.65. The van der Waals surface area contributed by atoms with E-state index < -0.39 is 17.8 Å². The van der Waals surface area contributed by atoms with Gasteiger partial charge in [-0.15, -0.1) is 0 Å². The van der Waals surface area contributed by atoms with Crippen LogP contribution in [-0.2, 0) is 20.0 Å². The first-order valence-electron chi connectivity index (χ1n) is 11.3. The smallest absolute Gasteiger partial charge is 0.272 e. The lowest BCUT2D eigenvalue weighted by atomic mass is 10.2. The third kappa shape index (κ3) is 3.33. The van der Waals surface area contributed by atoms with E-state index in [9.17, 15) is 13.6 Å². The second-order valence-corrected chi connectivity index (χ2v) is 9.31. The van der Waals surface area contributed by atoms with E-state index >= 15 is 0 Å². The summed E-state index contributed by atoms with van der Waals surface area (Å²) in [6.45, 7) is 1.04. The van der Waals surface area contributed by atoms with E-state index in [2.05, 4.69) is 20.3 Å². The molecule has 1 saturated carbocycles. The Bertz CT molecular complexity index is 1260. The van der Waals surface area contributed by atoms with E-state index in [0.29, 0.717) is 37.0 Å². The monoisotopic (exact) mass is 469 g/mol. The van der Waals surface area contributed by atoms with Gasteiger partial charge in [0.25, 0.3) is 11.8 Å². The summed E-state index contributed by atoms with van der Waals surface area (Å²) in [7, 11) is 3.49. The van der Waals surface area contributed by atoms with Gasteiger partial charge in [-0.1, -0.05) is 0 Å². The Balaban J connectivity index is 1.12. The number of methoxy groups -OCH3 is 1. The number of alkyl halides is 2. The van der Waals surface area contributed by atoms with Crippen molar-refractivity contribution in [2.45, 2.75) is 31.4 Å². The molecule has 0 spiro atoms. The number of aryl methyl sites for hydroxylation is 1. The number of nitrogens with zero attached hydrogens (tertiary/aromatic N) is 6. The lowest BCUT2D eigenvalue weighted by Gasteiger charge is -2.22. The molecule has 34 heavy (non-hydrogen) atoms. The summed E-state index contributed by atoms with van der Waals surface area (Å²) >= 11 is 0. The van der Waals surface area contributed by atoms with Crippen LogP contribution < -0.4 is 15.0 Å². The quantitative estimate of drug-likeness (QED) is 0.595. The minimum absolute atomic E-state index is 0.109. The maximum Gasteiger partial charge on any atom is 0.272 e. The average Bonchev–Trinajstić information content (AvgIpc) is 3.46. The molecule has 2 aliphatic carbocycles. The van der Waals surface area contributed by atoms with Gasteiger partial charge < -0.3 is 24.1 Å². The molecule has 1 amide bonds. The van der Waals surface area contributed by atoms with Crippen molar-refractivity contribution < 1.29 is 18.3 Å². The maximum atomic E-state index is 13.5. The standard InChI is InChI=1S/C23H25F2N7O2/c1-30-11-27-20-16(4-5-18(20)30)28-21(33)17-10-31(12-26-17)7-13-3-6-19(29-22(13)34-2)32-8-14-15(9-32)23(14,24)25/h3,6,10-12,14-16H,4-5,7-9H2,1-2H3,(H,28,33)/t14?,15?,16-/m1/s1. The van der Waals surface area contributed by atoms with Crippen LogP contribution >= 0.6 is 0 Å². The van der Waals surface area contributed by atoms with E-state index in [0.717, 1.165) is 29.8 Å². The molecule has 0 bridgehead atoms. The highest BCUT2D eigenvalue weighted by molar-refractivity contribution is 5.92. The fraction of sp³-hybridized carbons (Fsp3) is 0.478. The molecule has 3 aliphatic rings. The van der Waals surface area contributed by atoms with Gasteiger partial charge >= 0.3 is 0 Å². The van der Waals surface area contributed by atoms with E-state index in [1.165, 1.54) is 7.11 Å². The van der Waals surface area contributed by atoms with Gasteiger partial charge in [-0.3, -0.25) is 4.79 Å². The zero-order valence-corrected chi connectivity index (χ0v) is 18.9. The summed E-state index contributed by atoms with van der Waals surface area (Å²) in [4.78, 5) is 27.9. The van der Waals surface area contributed by atoms with Gasteiger partial charge in [0.1, 0.15) is 11.5 Å². The average molecular weight is 469 g/mol. The van der Waals surface area contributed by atoms with Crippen LogP contribution in [0.15, 0.2) is 31.0 Å². The number of carbonyl (C=O) groups excluding carboxylic acids is 1. The van der Waals surface area contributed by atoms with Gasteiger partial charge in [-0.05, 0) is 25.0 Å². The van der Waals surface area contributed by atoms with E-state index in [1.807, 2.05) is 28.6 Å². The number of carbonyl (C=O) groups is 1. The van der Waals surface area contributed by atoms with Gasteiger partial charge in [0.15, 0.2) is 0 Å². The Morgan fingerprint density at radius 1 is 1.24 bits per heavy atom. The number of halogens is 2. The van der Waals surface area contributed by atoms with Crippen LogP contribution in [0, 0.1) is 11.8 Å². The normalized spacial score (nSPS) is 24.1.